The quantitative estimate of drug-likeness (QED) is 0.295. The maximum Gasteiger partial charge on any atom is 0.338 e. The molecule has 0 spiro atoms. The number of hydrogen-bond donors (Lipinski definition) is 0. The lowest BCUT2D eigenvalue weighted by Crippen LogP contribution is -2.39. The van der Waals surface area contributed by atoms with Crippen molar-refractivity contribution >= 4 is 45.9 Å². The second-order valence-electron chi connectivity index (χ2n) is 8.14. The van der Waals surface area contributed by atoms with E-state index in [2.05, 4.69) is 23.2 Å². The smallest absolute Gasteiger partial charge is 0.338 e. The van der Waals surface area contributed by atoms with Crippen molar-refractivity contribution in [2.24, 2.45) is 4.99 Å². The van der Waals surface area contributed by atoms with E-state index in [-0.39, 0.29) is 12.2 Å². The summed E-state index contributed by atoms with van der Waals surface area (Å²) in [7, 11) is 0. The third-order valence-electron chi connectivity index (χ3n) is 6.06. The minimum Gasteiger partial charge on any atom is -0.463 e. The van der Waals surface area contributed by atoms with E-state index >= 15 is 0 Å². The molecule has 0 saturated heterocycles. The van der Waals surface area contributed by atoms with Gasteiger partial charge in [0.05, 0.1) is 28.5 Å². The number of benzene rings is 3. The molecule has 0 N–H and O–H groups in total. The van der Waals surface area contributed by atoms with E-state index in [0.29, 0.717) is 20.6 Å². The highest BCUT2D eigenvalue weighted by Crippen LogP contribution is 2.31. The van der Waals surface area contributed by atoms with Gasteiger partial charge in [-0.1, -0.05) is 65.9 Å². The molecule has 35 heavy (non-hydrogen) atoms. The molecule has 1 atom stereocenters. The molecule has 0 amide bonds. The van der Waals surface area contributed by atoms with E-state index in [1.807, 2.05) is 60.9 Å². The number of thioether (sulfide) groups is 1. The molecule has 0 bridgehead atoms. The van der Waals surface area contributed by atoms with Crippen LogP contribution in [0.25, 0.3) is 16.8 Å². The molecule has 1 aromatic heterocycles. The van der Waals surface area contributed by atoms with Gasteiger partial charge in [-0.25, -0.2) is 9.79 Å². The summed E-state index contributed by atoms with van der Waals surface area (Å²) < 4.78 is 7.58. The van der Waals surface area contributed by atoms with Gasteiger partial charge >= 0.3 is 5.97 Å². The van der Waals surface area contributed by atoms with Crippen molar-refractivity contribution in [1.29, 1.82) is 0 Å². The summed E-state index contributed by atoms with van der Waals surface area (Å²) >= 11 is 2.98. The van der Waals surface area contributed by atoms with E-state index in [1.165, 1.54) is 11.3 Å². The summed E-state index contributed by atoms with van der Waals surface area (Å²) in [5.74, 6) is -0.448. The molecule has 1 aliphatic rings. The van der Waals surface area contributed by atoms with Crippen LogP contribution in [0.1, 0.15) is 31.0 Å². The van der Waals surface area contributed by atoms with Crippen LogP contribution in [0.15, 0.2) is 92.7 Å². The number of thiazole rings is 1. The van der Waals surface area contributed by atoms with Gasteiger partial charge in [0.15, 0.2) is 4.80 Å². The van der Waals surface area contributed by atoms with Gasteiger partial charge < -0.3 is 4.74 Å². The number of hydrogen-bond acceptors (Lipinski definition) is 6. The Hall–Kier alpha value is -3.42. The first-order valence-electron chi connectivity index (χ1n) is 11.3. The van der Waals surface area contributed by atoms with Crippen molar-refractivity contribution in [3.05, 3.63) is 109 Å². The van der Waals surface area contributed by atoms with Crippen molar-refractivity contribution in [2.75, 3.05) is 12.9 Å². The lowest BCUT2D eigenvalue weighted by atomic mass is 9.96. The summed E-state index contributed by atoms with van der Waals surface area (Å²) in [6.07, 6.45) is 3.93. The predicted molar refractivity (Wildman–Crippen MR) is 143 cm³/mol. The number of carbonyl (C=O) groups excluding carboxylic acids is 1. The van der Waals surface area contributed by atoms with Gasteiger partial charge in [0.2, 0.25) is 0 Å². The lowest BCUT2D eigenvalue weighted by molar-refractivity contribution is -0.139. The Morgan fingerprint density at radius 2 is 1.86 bits per heavy atom. The average Bonchev–Trinajstić information content (AvgIpc) is 3.18. The van der Waals surface area contributed by atoms with Crippen LogP contribution >= 0.6 is 23.1 Å². The van der Waals surface area contributed by atoms with Gasteiger partial charge in [0.1, 0.15) is 0 Å². The molecule has 7 heteroatoms. The normalized spacial score (nSPS) is 15.7. The molecule has 0 aliphatic carbocycles. The number of rotatable bonds is 5. The Balaban J connectivity index is 1.74. The van der Waals surface area contributed by atoms with Gasteiger partial charge in [-0.15, -0.1) is 11.8 Å². The zero-order valence-corrected chi connectivity index (χ0v) is 21.3. The van der Waals surface area contributed by atoms with Crippen LogP contribution in [-0.4, -0.2) is 23.4 Å². The van der Waals surface area contributed by atoms with E-state index in [0.717, 1.165) is 26.8 Å². The van der Waals surface area contributed by atoms with E-state index in [4.69, 9.17) is 4.74 Å². The number of fused-ring (bicyclic) bond motifs is 2. The molecule has 5 rings (SSSR count). The van der Waals surface area contributed by atoms with Crippen LogP contribution in [-0.2, 0) is 9.53 Å². The third-order valence-corrected chi connectivity index (χ3v) is 7.79. The summed E-state index contributed by atoms with van der Waals surface area (Å²) in [4.78, 5) is 33.2. The van der Waals surface area contributed by atoms with Gasteiger partial charge in [0.25, 0.3) is 5.56 Å². The fraction of sp³-hybridized carbons (Fsp3) is 0.179. The zero-order valence-electron chi connectivity index (χ0n) is 19.6. The van der Waals surface area contributed by atoms with Crippen molar-refractivity contribution in [3.63, 3.8) is 0 Å². The summed E-state index contributed by atoms with van der Waals surface area (Å²) in [6.45, 7) is 3.83. The highest BCUT2D eigenvalue weighted by Gasteiger charge is 2.33. The maximum atomic E-state index is 13.8. The predicted octanol–water partition coefficient (Wildman–Crippen LogP) is 4.67. The first-order chi connectivity index (χ1) is 17.0. The number of carbonyl (C=O) groups is 1. The van der Waals surface area contributed by atoms with Gasteiger partial charge in [-0.05, 0) is 60.2 Å². The molecular weight excluding hydrogens is 476 g/mol. The van der Waals surface area contributed by atoms with E-state index in [1.54, 1.807) is 30.2 Å². The minimum atomic E-state index is -0.601. The maximum absolute atomic E-state index is 13.8. The molecule has 0 radical (unpaired) electrons. The Kier molecular flexibility index (Phi) is 6.45. The fourth-order valence-electron chi connectivity index (χ4n) is 4.41. The topological polar surface area (TPSA) is 60.7 Å². The fourth-order valence-corrected chi connectivity index (χ4v) is 5.86. The number of aromatic nitrogens is 1. The second-order valence-corrected chi connectivity index (χ2v) is 10.0. The van der Waals surface area contributed by atoms with Gasteiger partial charge in [-0.2, -0.15) is 0 Å². The number of allylic oxidation sites excluding steroid dienone is 1. The Bertz CT molecular complexity index is 1640. The standard InChI is InChI=1S/C28H24N2O3S2/c1-4-33-27(32)24-17(2)29-28-30(25(24)19-12-14-21(34-3)15-13-19)26(31)23(35-28)16-20-10-7-9-18-8-5-6-11-22(18)20/h5-16,25H,4H2,1-3H3/b23-16+/t25-/m0/s1. The minimum absolute atomic E-state index is 0.171. The van der Waals surface area contributed by atoms with Crippen LogP contribution in [0.3, 0.4) is 0 Å². The van der Waals surface area contributed by atoms with Crippen molar-refractivity contribution in [3.8, 4) is 0 Å². The number of nitrogens with zero attached hydrogens (tertiary/aromatic N) is 2. The monoisotopic (exact) mass is 500 g/mol. The first-order valence-corrected chi connectivity index (χ1v) is 13.4. The zero-order chi connectivity index (χ0) is 24.5. The van der Waals surface area contributed by atoms with Crippen LogP contribution in [0.4, 0.5) is 0 Å². The van der Waals surface area contributed by atoms with Crippen molar-refractivity contribution < 1.29 is 9.53 Å². The highest BCUT2D eigenvalue weighted by molar-refractivity contribution is 7.98. The number of ether oxygens (including phenoxy) is 1. The first kappa shape index (κ1) is 23.3. The SMILES string of the molecule is CCOC(=O)C1=C(C)N=c2s/c(=C/c3cccc4ccccc34)c(=O)n2[C@H]1c1ccc(SC)cc1. The molecule has 4 aromatic rings. The van der Waals surface area contributed by atoms with Crippen LogP contribution in [0.5, 0.6) is 0 Å². The van der Waals surface area contributed by atoms with Crippen LogP contribution in [0, 0.1) is 0 Å². The number of esters is 1. The second kappa shape index (κ2) is 9.68. The largest absolute Gasteiger partial charge is 0.463 e. The average molecular weight is 501 g/mol. The summed E-state index contributed by atoms with van der Waals surface area (Å²) in [6, 6.07) is 21.5. The molecule has 1 aliphatic heterocycles. The van der Waals surface area contributed by atoms with Crippen molar-refractivity contribution in [2.45, 2.75) is 24.8 Å². The lowest BCUT2D eigenvalue weighted by Gasteiger charge is -2.24. The van der Waals surface area contributed by atoms with Gasteiger partial charge in [0, 0.05) is 4.90 Å². The molecule has 0 unspecified atom stereocenters. The van der Waals surface area contributed by atoms with E-state index < -0.39 is 12.0 Å². The molecule has 2 heterocycles. The van der Waals surface area contributed by atoms with Crippen molar-refractivity contribution in [1.82, 2.24) is 4.57 Å². The van der Waals surface area contributed by atoms with Crippen LogP contribution < -0.4 is 14.9 Å². The molecule has 0 saturated carbocycles. The molecule has 5 nitrogen and oxygen atoms in total. The molecular formula is C28H24N2O3S2. The summed E-state index contributed by atoms with van der Waals surface area (Å²) in [5.41, 5.74) is 2.61. The molecule has 176 valence electrons. The molecule has 0 fully saturated rings. The third kappa shape index (κ3) is 4.26. The van der Waals surface area contributed by atoms with E-state index in [9.17, 15) is 9.59 Å². The molecule has 3 aromatic carbocycles. The summed E-state index contributed by atoms with van der Waals surface area (Å²) in [5, 5.41) is 2.19. The Labute approximate surface area is 211 Å². The Morgan fingerprint density at radius 1 is 1.11 bits per heavy atom. The highest BCUT2D eigenvalue weighted by atomic mass is 32.2. The van der Waals surface area contributed by atoms with Gasteiger partial charge in [-0.3, -0.25) is 9.36 Å². The Morgan fingerprint density at radius 3 is 2.60 bits per heavy atom. The van der Waals surface area contributed by atoms with Crippen LogP contribution in [0.2, 0.25) is 0 Å².